The Morgan fingerprint density at radius 3 is 2.50 bits per heavy atom. The van der Waals surface area contributed by atoms with Crippen LogP contribution >= 0.6 is 0 Å². The van der Waals surface area contributed by atoms with Gasteiger partial charge in [-0.25, -0.2) is 0 Å². The Morgan fingerprint density at radius 2 is 1.82 bits per heavy atom. The van der Waals surface area contributed by atoms with Crippen LogP contribution < -0.4 is 0 Å². The molecule has 0 bridgehead atoms. The highest BCUT2D eigenvalue weighted by Gasteiger charge is 2.57. The molecule has 34 heavy (non-hydrogen) atoms. The fourth-order valence-electron chi connectivity index (χ4n) is 7.33. The predicted molar refractivity (Wildman–Crippen MR) is 123 cm³/mol. The molecule has 5 N–H and O–H groups in total. The smallest absolute Gasteiger partial charge is 0.186 e. The summed E-state index contributed by atoms with van der Waals surface area (Å²) in [4.78, 5) is 12.6. The van der Waals surface area contributed by atoms with Crippen molar-refractivity contribution in [1.29, 1.82) is 0 Å². The largest absolute Gasteiger partial charge is 0.394 e. The van der Waals surface area contributed by atoms with Crippen LogP contribution in [0.5, 0.6) is 0 Å². The molecular formula is C26H42O8. The van der Waals surface area contributed by atoms with E-state index in [4.69, 9.17) is 9.47 Å². The normalized spacial score (nSPS) is 47.4. The number of fused-ring (bicyclic) bond motifs is 3. The molecule has 0 aromatic heterocycles. The van der Waals surface area contributed by atoms with E-state index in [0.717, 1.165) is 32.1 Å². The molecule has 1 unspecified atom stereocenters. The van der Waals surface area contributed by atoms with Gasteiger partial charge in [0.1, 0.15) is 30.2 Å². The summed E-state index contributed by atoms with van der Waals surface area (Å²) in [5, 5.41) is 50.6. The molecular weight excluding hydrogens is 440 g/mol. The highest BCUT2D eigenvalue weighted by atomic mass is 16.7. The minimum atomic E-state index is -1.51. The number of hydrogen-bond acceptors (Lipinski definition) is 8. The van der Waals surface area contributed by atoms with Crippen molar-refractivity contribution in [3.05, 3.63) is 11.6 Å². The summed E-state index contributed by atoms with van der Waals surface area (Å²) in [6.45, 7) is 7.98. The number of hydrogen-bond donors (Lipinski definition) is 5. The van der Waals surface area contributed by atoms with Gasteiger partial charge in [0.25, 0.3) is 0 Å². The van der Waals surface area contributed by atoms with Crippen LogP contribution in [0.1, 0.15) is 66.2 Å². The van der Waals surface area contributed by atoms with Crippen LogP contribution in [0.4, 0.5) is 0 Å². The van der Waals surface area contributed by atoms with E-state index in [0.29, 0.717) is 24.0 Å². The number of ether oxygens (including phenoxy) is 2. The van der Waals surface area contributed by atoms with Crippen molar-refractivity contribution in [2.75, 3.05) is 13.2 Å². The van der Waals surface area contributed by atoms with Gasteiger partial charge in [0.2, 0.25) is 0 Å². The molecule has 4 rings (SSSR count). The summed E-state index contributed by atoms with van der Waals surface area (Å²) in [5.74, 6) is 1.11. The number of carbonyl (C=O) groups is 1. The van der Waals surface area contributed by atoms with Gasteiger partial charge in [0, 0.05) is 11.8 Å². The maximum Gasteiger partial charge on any atom is 0.186 e. The lowest BCUT2D eigenvalue weighted by Crippen LogP contribution is -2.59. The molecule has 0 aromatic rings. The van der Waals surface area contributed by atoms with Crippen molar-refractivity contribution in [1.82, 2.24) is 0 Å². The number of Topliss-reactive ketones (excluding diaryl/α,β-unsaturated/α-hetero) is 1. The molecule has 0 radical (unpaired) electrons. The lowest BCUT2D eigenvalue weighted by Gasteiger charge is -2.59. The van der Waals surface area contributed by atoms with E-state index in [1.807, 2.05) is 6.92 Å². The van der Waals surface area contributed by atoms with Crippen molar-refractivity contribution < 1.29 is 39.8 Å². The van der Waals surface area contributed by atoms with Crippen molar-refractivity contribution in [2.24, 2.45) is 28.1 Å². The summed E-state index contributed by atoms with van der Waals surface area (Å²) in [5.41, 5.74) is 0.721. The van der Waals surface area contributed by atoms with Crippen molar-refractivity contribution in [3.8, 4) is 0 Å². The first-order valence-electron chi connectivity index (χ1n) is 12.7. The topological polar surface area (TPSA) is 137 Å². The first-order valence-corrected chi connectivity index (χ1v) is 12.7. The first-order chi connectivity index (χ1) is 15.8. The number of aliphatic hydroxyl groups is 5. The van der Waals surface area contributed by atoms with E-state index in [1.54, 1.807) is 0 Å². The third-order valence-electron chi connectivity index (χ3n) is 9.82. The Labute approximate surface area is 202 Å². The fraction of sp³-hybridized carbons (Fsp3) is 0.885. The standard InChI is InChI=1S/C26H42O8/c1-24(2)17-6-5-14-11-25(3,9-7-15(14)26(17,4)10-8-18(24)28)19(29)13-33-23-22(32)21(31)20(30)16(12-27)34-23/h5,15-17,19-23,27,29-32H,6-13H2,1-4H3/t15-,16-,17-,19?,20-,21+,22-,23-,25+,26+/m1/s1. The third-order valence-corrected chi connectivity index (χ3v) is 9.82. The predicted octanol–water partition coefficient (Wildman–Crippen LogP) is 1.31. The Kier molecular flexibility index (Phi) is 7.10. The van der Waals surface area contributed by atoms with Gasteiger partial charge in [-0.1, -0.05) is 39.3 Å². The maximum atomic E-state index is 12.6. The van der Waals surface area contributed by atoms with Crippen LogP contribution in [0.25, 0.3) is 0 Å². The van der Waals surface area contributed by atoms with Crippen LogP contribution in [0, 0.1) is 28.1 Å². The average molecular weight is 483 g/mol. The van der Waals surface area contributed by atoms with E-state index >= 15 is 0 Å². The van der Waals surface area contributed by atoms with Crippen LogP contribution in [0.3, 0.4) is 0 Å². The summed E-state index contributed by atoms with van der Waals surface area (Å²) < 4.78 is 11.1. The van der Waals surface area contributed by atoms with Crippen molar-refractivity contribution >= 4 is 5.78 Å². The molecule has 8 nitrogen and oxygen atoms in total. The van der Waals surface area contributed by atoms with Crippen molar-refractivity contribution in [2.45, 2.75) is 103 Å². The monoisotopic (exact) mass is 482 g/mol. The average Bonchev–Trinajstić information content (AvgIpc) is 2.79. The zero-order chi connectivity index (χ0) is 25.1. The second kappa shape index (κ2) is 9.21. The lowest BCUT2D eigenvalue weighted by atomic mass is 9.45. The van der Waals surface area contributed by atoms with E-state index in [1.165, 1.54) is 5.57 Å². The van der Waals surface area contributed by atoms with Gasteiger partial charge in [-0.3, -0.25) is 4.79 Å². The number of carbonyl (C=O) groups excluding carboxylic acids is 1. The third kappa shape index (κ3) is 4.19. The number of ketones is 1. The second-order valence-electron chi connectivity index (χ2n) is 12.2. The van der Waals surface area contributed by atoms with E-state index in [9.17, 15) is 30.3 Å². The van der Waals surface area contributed by atoms with Gasteiger partial charge >= 0.3 is 0 Å². The van der Waals surface area contributed by atoms with E-state index < -0.39 is 48.8 Å². The minimum absolute atomic E-state index is 0.0839. The molecule has 1 heterocycles. The SMILES string of the molecule is CC1(C)C(=O)CC[C@@]2(C)[C@@H]3CC[C@](C)(C(O)CO[C@@H]4O[C@H](CO)[C@@H](O)[C@H](O)[C@H]4O)CC3=CC[C@H]12. The molecule has 2 saturated carbocycles. The van der Waals surface area contributed by atoms with E-state index in [2.05, 4.69) is 26.8 Å². The lowest BCUT2D eigenvalue weighted by molar-refractivity contribution is -0.306. The van der Waals surface area contributed by atoms with Crippen LogP contribution in [-0.4, -0.2) is 81.3 Å². The molecule has 194 valence electrons. The molecule has 0 aromatic carbocycles. The zero-order valence-corrected chi connectivity index (χ0v) is 20.8. The molecule has 3 fully saturated rings. The second-order valence-corrected chi connectivity index (χ2v) is 12.2. The molecule has 3 aliphatic carbocycles. The highest BCUT2D eigenvalue weighted by Crippen LogP contribution is 2.63. The minimum Gasteiger partial charge on any atom is -0.394 e. The van der Waals surface area contributed by atoms with Gasteiger partial charge in [-0.2, -0.15) is 0 Å². The number of aliphatic hydroxyl groups excluding tert-OH is 5. The molecule has 0 amide bonds. The Balaban J connectivity index is 1.43. The molecule has 0 spiro atoms. The Hall–Kier alpha value is -0.870. The molecule has 1 saturated heterocycles. The molecule has 1 aliphatic heterocycles. The first kappa shape index (κ1) is 26.2. The van der Waals surface area contributed by atoms with Gasteiger partial charge in [-0.05, 0) is 54.8 Å². The quantitative estimate of drug-likeness (QED) is 0.370. The number of allylic oxidation sites excluding steroid dienone is 2. The van der Waals surface area contributed by atoms with Crippen LogP contribution in [-0.2, 0) is 14.3 Å². The summed E-state index contributed by atoms with van der Waals surface area (Å²) in [6, 6.07) is 0. The summed E-state index contributed by atoms with van der Waals surface area (Å²) in [6.07, 6.45) is -0.310. The Morgan fingerprint density at radius 1 is 1.12 bits per heavy atom. The van der Waals surface area contributed by atoms with Crippen LogP contribution in [0.15, 0.2) is 11.6 Å². The van der Waals surface area contributed by atoms with Gasteiger partial charge < -0.3 is 35.0 Å². The van der Waals surface area contributed by atoms with Crippen molar-refractivity contribution in [3.63, 3.8) is 0 Å². The highest BCUT2D eigenvalue weighted by molar-refractivity contribution is 5.85. The number of rotatable bonds is 5. The van der Waals surface area contributed by atoms with Gasteiger partial charge in [0.05, 0.1) is 19.3 Å². The molecule has 8 heteroatoms. The maximum absolute atomic E-state index is 12.6. The van der Waals surface area contributed by atoms with E-state index in [-0.39, 0.29) is 17.4 Å². The zero-order valence-electron chi connectivity index (χ0n) is 20.8. The Bertz CT molecular complexity index is 809. The molecule has 4 aliphatic rings. The van der Waals surface area contributed by atoms with Crippen LogP contribution in [0.2, 0.25) is 0 Å². The van der Waals surface area contributed by atoms with Gasteiger partial charge in [0.15, 0.2) is 6.29 Å². The summed E-state index contributed by atoms with van der Waals surface area (Å²) >= 11 is 0. The summed E-state index contributed by atoms with van der Waals surface area (Å²) in [7, 11) is 0. The molecule has 10 atom stereocenters. The fourth-order valence-corrected chi connectivity index (χ4v) is 7.33. The van der Waals surface area contributed by atoms with Gasteiger partial charge in [-0.15, -0.1) is 0 Å².